The Morgan fingerprint density at radius 2 is 1.96 bits per heavy atom. The van der Waals surface area contributed by atoms with Gasteiger partial charge in [0.25, 0.3) is 0 Å². The summed E-state index contributed by atoms with van der Waals surface area (Å²) in [6, 6.07) is 19.2. The van der Waals surface area contributed by atoms with Crippen LogP contribution in [0.1, 0.15) is 28.0 Å². The summed E-state index contributed by atoms with van der Waals surface area (Å²) in [6.45, 7) is 2.60. The molecule has 2 heterocycles. The van der Waals surface area contributed by atoms with Crippen LogP contribution in [0, 0.1) is 11.3 Å². The zero-order chi connectivity index (χ0) is 19.3. The second kappa shape index (κ2) is 8.12. The number of hydrogen-bond donors (Lipinski definition) is 0. The van der Waals surface area contributed by atoms with Crippen molar-refractivity contribution in [2.45, 2.75) is 26.1 Å². The van der Waals surface area contributed by atoms with E-state index >= 15 is 0 Å². The third kappa shape index (κ3) is 4.13. The lowest BCUT2D eigenvalue weighted by Crippen LogP contribution is -2.30. The first-order valence-corrected chi connectivity index (χ1v) is 9.24. The molecule has 0 atom stereocenters. The summed E-state index contributed by atoms with van der Waals surface area (Å²) < 4.78 is 11.2. The molecule has 1 aromatic heterocycles. The molecule has 1 aliphatic rings. The van der Waals surface area contributed by atoms with Gasteiger partial charge in [-0.05, 0) is 35.2 Å². The number of hydrogen-bond acceptors (Lipinski definition) is 5. The standard InChI is InChI=1S/C23H20N2O3/c24-12-17-4-3-5-18(10-17)15-28-23-16-27-21(11-22(23)26)14-25-9-8-19-6-1-2-7-20(19)13-25/h1-7,10-11,16H,8-9,13-15H2. The fraction of sp³-hybridized carbons (Fsp3) is 0.217. The van der Waals surface area contributed by atoms with Crippen LogP contribution in [0.3, 0.4) is 0 Å². The van der Waals surface area contributed by atoms with Crippen LogP contribution in [0.4, 0.5) is 0 Å². The van der Waals surface area contributed by atoms with Gasteiger partial charge >= 0.3 is 0 Å². The fourth-order valence-corrected chi connectivity index (χ4v) is 3.43. The van der Waals surface area contributed by atoms with Gasteiger partial charge in [-0.1, -0.05) is 36.4 Å². The first-order valence-electron chi connectivity index (χ1n) is 9.24. The second-order valence-corrected chi connectivity index (χ2v) is 6.91. The maximum Gasteiger partial charge on any atom is 0.227 e. The summed E-state index contributed by atoms with van der Waals surface area (Å²) in [5.41, 5.74) is 3.91. The van der Waals surface area contributed by atoms with Crippen LogP contribution < -0.4 is 10.2 Å². The molecule has 0 aliphatic carbocycles. The van der Waals surface area contributed by atoms with Crippen molar-refractivity contribution in [2.75, 3.05) is 6.54 Å². The van der Waals surface area contributed by atoms with Crippen LogP contribution in [0.2, 0.25) is 0 Å². The van der Waals surface area contributed by atoms with E-state index < -0.39 is 0 Å². The summed E-state index contributed by atoms with van der Waals surface area (Å²) in [5, 5.41) is 8.95. The van der Waals surface area contributed by atoms with Gasteiger partial charge in [0, 0.05) is 19.2 Å². The lowest BCUT2D eigenvalue weighted by atomic mass is 10.00. The molecule has 0 amide bonds. The molecule has 0 fully saturated rings. The van der Waals surface area contributed by atoms with Crippen LogP contribution in [-0.2, 0) is 26.1 Å². The Balaban J connectivity index is 1.39. The SMILES string of the molecule is N#Cc1cccc(COc2coc(CN3CCc4ccccc4C3)cc2=O)c1. The van der Waals surface area contributed by atoms with Gasteiger partial charge < -0.3 is 9.15 Å². The molecule has 0 saturated heterocycles. The maximum atomic E-state index is 12.4. The molecular formula is C23H20N2O3. The van der Waals surface area contributed by atoms with Gasteiger partial charge in [-0.15, -0.1) is 0 Å². The van der Waals surface area contributed by atoms with Gasteiger partial charge in [-0.25, -0.2) is 0 Å². The van der Waals surface area contributed by atoms with Crippen molar-refractivity contribution in [2.24, 2.45) is 0 Å². The highest BCUT2D eigenvalue weighted by atomic mass is 16.5. The van der Waals surface area contributed by atoms with Crippen LogP contribution in [0.15, 0.2) is 70.1 Å². The van der Waals surface area contributed by atoms with E-state index in [-0.39, 0.29) is 17.8 Å². The average molecular weight is 372 g/mol. The zero-order valence-electron chi connectivity index (χ0n) is 15.4. The predicted octanol–water partition coefficient (Wildman–Crippen LogP) is 3.65. The van der Waals surface area contributed by atoms with Gasteiger partial charge in [0.05, 0.1) is 18.2 Å². The number of nitriles is 1. The summed E-state index contributed by atoms with van der Waals surface area (Å²) in [7, 11) is 0. The van der Waals surface area contributed by atoms with E-state index in [9.17, 15) is 4.79 Å². The quantitative estimate of drug-likeness (QED) is 0.684. The van der Waals surface area contributed by atoms with Gasteiger partial charge in [0.1, 0.15) is 18.6 Å². The molecule has 0 N–H and O–H groups in total. The molecule has 2 aromatic carbocycles. The van der Waals surface area contributed by atoms with Crippen LogP contribution in [0.25, 0.3) is 0 Å². The predicted molar refractivity (Wildman–Crippen MR) is 105 cm³/mol. The smallest absolute Gasteiger partial charge is 0.227 e. The molecule has 140 valence electrons. The Morgan fingerprint density at radius 3 is 2.79 bits per heavy atom. The number of fused-ring (bicyclic) bond motifs is 1. The summed E-state index contributed by atoms with van der Waals surface area (Å²) in [6.07, 6.45) is 2.38. The van der Waals surface area contributed by atoms with Crippen LogP contribution in [0.5, 0.6) is 5.75 Å². The van der Waals surface area contributed by atoms with E-state index in [1.54, 1.807) is 18.2 Å². The van der Waals surface area contributed by atoms with Gasteiger partial charge in [-0.2, -0.15) is 5.26 Å². The Morgan fingerprint density at radius 1 is 1.11 bits per heavy atom. The van der Waals surface area contributed by atoms with Crippen molar-refractivity contribution in [1.29, 1.82) is 5.26 Å². The van der Waals surface area contributed by atoms with Crippen molar-refractivity contribution in [1.82, 2.24) is 4.90 Å². The molecule has 0 bridgehead atoms. The number of rotatable bonds is 5. The average Bonchev–Trinajstić information content (AvgIpc) is 2.73. The van der Waals surface area contributed by atoms with E-state index in [0.29, 0.717) is 17.9 Å². The van der Waals surface area contributed by atoms with E-state index in [4.69, 9.17) is 14.4 Å². The van der Waals surface area contributed by atoms with Crippen molar-refractivity contribution in [3.63, 3.8) is 0 Å². The zero-order valence-corrected chi connectivity index (χ0v) is 15.4. The van der Waals surface area contributed by atoms with E-state index in [2.05, 4.69) is 35.2 Å². The third-order valence-corrected chi connectivity index (χ3v) is 4.89. The highest BCUT2D eigenvalue weighted by molar-refractivity contribution is 5.33. The minimum Gasteiger partial charge on any atom is -0.482 e. The molecule has 1 aliphatic heterocycles. The fourth-order valence-electron chi connectivity index (χ4n) is 3.43. The normalized spacial score (nSPS) is 13.5. The van der Waals surface area contributed by atoms with Gasteiger partial charge in [-0.3, -0.25) is 9.69 Å². The first-order chi connectivity index (χ1) is 13.7. The van der Waals surface area contributed by atoms with Gasteiger partial charge in [0.15, 0.2) is 0 Å². The molecule has 5 heteroatoms. The lowest BCUT2D eigenvalue weighted by molar-refractivity contribution is 0.220. The second-order valence-electron chi connectivity index (χ2n) is 6.91. The van der Waals surface area contributed by atoms with Crippen LogP contribution in [-0.4, -0.2) is 11.4 Å². The number of benzene rings is 2. The number of nitrogens with zero attached hydrogens (tertiary/aromatic N) is 2. The van der Waals surface area contributed by atoms with Crippen molar-refractivity contribution in [3.8, 4) is 11.8 Å². The Labute approximate surface area is 163 Å². The van der Waals surface area contributed by atoms with Crippen molar-refractivity contribution in [3.05, 3.63) is 99.1 Å². The monoisotopic (exact) mass is 372 g/mol. The molecule has 28 heavy (non-hydrogen) atoms. The summed E-state index contributed by atoms with van der Waals surface area (Å²) >= 11 is 0. The van der Waals surface area contributed by atoms with Crippen molar-refractivity contribution < 1.29 is 9.15 Å². The summed E-state index contributed by atoms with van der Waals surface area (Å²) in [4.78, 5) is 14.6. The first kappa shape index (κ1) is 18.0. The topological polar surface area (TPSA) is 66.5 Å². The van der Waals surface area contributed by atoms with Gasteiger partial charge in [0.2, 0.25) is 11.2 Å². The molecule has 0 radical (unpaired) electrons. The summed E-state index contributed by atoms with van der Waals surface area (Å²) in [5.74, 6) is 0.804. The highest BCUT2D eigenvalue weighted by Crippen LogP contribution is 2.20. The maximum absolute atomic E-state index is 12.4. The van der Waals surface area contributed by atoms with E-state index in [0.717, 1.165) is 25.1 Å². The van der Waals surface area contributed by atoms with E-state index in [1.807, 2.05) is 6.07 Å². The minimum atomic E-state index is -0.199. The highest BCUT2D eigenvalue weighted by Gasteiger charge is 2.17. The third-order valence-electron chi connectivity index (χ3n) is 4.89. The van der Waals surface area contributed by atoms with Crippen molar-refractivity contribution >= 4 is 0 Å². The molecule has 0 unspecified atom stereocenters. The molecule has 0 saturated carbocycles. The van der Waals surface area contributed by atoms with Crippen LogP contribution >= 0.6 is 0 Å². The van der Waals surface area contributed by atoms with E-state index in [1.165, 1.54) is 23.5 Å². The Kier molecular flexibility index (Phi) is 5.22. The Hall–Kier alpha value is -3.36. The molecule has 0 spiro atoms. The number of ether oxygens (including phenoxy) is 1. The molecule has 3 aromatic rings. The lowest BCUT2D eigenvalue weighted by Gasteiger charge is -2.28. The molecule has 5 nitrogen and oxygen atoms in total. The Bertz CT molecular complexity index is 1080. The largest absolute Gasteiger partial charge is 0.482 e. The minimum absolute atomic E-state index is 0.176. The molecule has 4 rings (SSSR count). The molecular weight excluding hydrogens is 352 g/mol.